The van der Waals surface area contributed by atoms with Gasteiger partial charge in [-0.15, -0.1) is 0 Å². The van der Waals surface area contributed by atoms with Gasteiger partial charge >= 0.3 is 0 Å². The summed E-state index contributed by atoms with van der Waals surface area (Å²) in [5.74, 6) is 10.4. The standard InChI is InChI=1S/C20H31N3S/c1-6-24(4,5)19-10-8-7-9-17(19)18(21)13-14-20(22)23-15(2)11-12-16(23)3/h7-10,13-16H,4-6,11-12,21-22H2,1-3H3/b18-13-,20-14+. The molecule has 2 atom stereocenters. The van der Waals surface area contributed by atoms with E-state index in [9.17, 15) is 0 Å². The van der Waals surface area contributed by atoms with E-state index in [2.05, 4.69) is 43.5 Å². The Kier molecular flexibility index (Phi) is 5.70. The van der Waals surface area contributed by atoms with E-state index in [1.165, 1.54) is 12.8 Å². The van der Waals surface area contributed by atoms with Crippen LogP contribution in [0.5, 0.6) is 0 Å². The third-order valence-electron chi connectivity index (χ3n) is 4.90. The minimum absolute atomic E-state index is 0.482. The second-order valence-corrected chi connectivity index (χ2v) is 9.83. The molecule has 1 aliphatic rings. The number of allylic oxidation sites excluding steroid dienone is 2. The fraction of sp³-hybridized carbons (Fsp3) is 0.400. The van der Waals surface area contributed by atoms with Gasteiger partial charge in [-0.1, -0.05) is 36.9 Å². The fourth-order valence-electron chi connectivity index (χ4n) is 3.29. The monoisotopic (exact) mass is 345 g/mol. The molecule has 24 heavy (non-hydrogen) atoms. The fourth-order valence-corrected chi connectivity index (χ4v) is 4.62. The maximum absolute atomic E-state index is 6.36. The average molecular weight is 346 g/mol. The Balaban J connectivity index is 2.34. The lowest BCUT2D eigenvalue weighted by atomic mass is 10.1. The van der Waals surface area contributed by atoms with Crippen molar-refractivity contribution in [1.82, 2.24) is 4.90 Å². The zero-order valence-corrected chi connectivity index (χ0v) is 16.0. The molecule has 0 aliphatic carbocycles. The van der Waals surface area contributed by atoms with Crippen molar-refractivity contribution >= 4 is 26.6 Å². The maximum atomic E-state index is 6.36. The van der Waals surface area contributed by atoms with Crippen molar-refractivity contribution in [3.63, 3.8) is 0 Å². The lowest BCUT2D eigenvalue weighted by Crippen LogP contribution is -2.35. The molecule has 1 aliphatic heterocycles. The molecule has 1 aromatic carbocycles. The molecular formula is C20H31N3S. The van der Waals surface area contributed by atoms with Gasteiger partial charge in [-0.2, -0.15) is 9.21 Å². The first-order valence-corrected chi connectivity index (χ1v) is 10.7. The maximum Gasteiger partial charge on any atom is 0.0991 e. The van der Waals surface area contributed by atoms with Gasteiger partial charge in [0.15, 0.2) is 0 Å². The van der Waals surface area contributed by atoms with Crippen LogP contribution in [0.2, 0.25) is 0 Å². The number of nitrogens with two attached hydrogens (primary N) is 2. The molecule has 1 heterocycles. The topological polar surface area (TPSA) is 55.3 Å². The van der Waals surface area contributed by atoms with Gasteiger partial charge in [-0.05, 0) is 50.7 Å². The first-order chi connectivity index (χ1) is 11.3. The molecule has 4 N–H and O–H groups in total. The predicted molar refractivity (Wildman–Crippen MR) is 112 cm³/mol. The summed E-state index contributed by atoms with van der Waals surface area (Å²) in [5, 5.41) is 0. The quantitative estimate of drug-likeness (QED) is 0.632. The highest BCUT2D eigenvalue weighted by Gasteiger charge is 2.27. The van der Waals surface area contributed by atoms with Gasteiger partial charge in [0.2, 0.25) is 0 Å². The largest absolute Gasteiger partial charge is 0.398 e. The van der Waals surface area contributed by atoms with E-state index < -0.39 is 9.21 Å². The van der Waals surface area contributed by atoms with Crippen LogP contribution in [0, 0.1) is 0 Å². The Morgan fingerprint density at radius 2 is 1.75 bits per heavy atom. The summed E-state index contributed by atoms with van der Waals surface area (Å²) in [7, 11) is -1.33. The number of rotatable bonds is 5. The highest BCUT2D eigenvalue weighted by Crippen LogP contribution is 2.36. The molecule has 2 rings (SSSR count). The van der Waals surface area contributed by atoms with Crippen molar-refractivity contribution in [3.05, 3.63) is 47.8 Å². The molecule has 0 bridgehead atoms. The third kappa shape index (κ3) is 3.81. The Hall–Kier alpha value is -1.81. The van der Waals surface area contributed by atoms with Crippen molar-refractivity contribution in [2.24, 2.45) is 11.5 Å². The average Bonchev–Trinajstić information content (AvgIpc) is 2.91. The molecule has 1 saturated heterocycles. The van der Waals surface area contributed by atoms with Crippen molar-refractivity contribution in [2.45, 2.75) is 50.6 Å². The third-order valence-corrected chi connectivity index (χ3v) is 7.30. The molecule has 1 aromatic rings. The molecule has 0 saturated carbocycles. The van der Waals surface area contributed by atoms with E-state index in [0.29, 0.717) is 17.8 Å². The molecule has 0 aromatic heterocycles. The smallest absolute Gasteiger partial charge is 0.0991 e. The minimum atomic E-state index is -1.33. The van der Waals surface area contributed by atoms with Crippen LogP contribution in [0.25, 0.3) is 5.70 Å². The first-order valence-electron chi connectivity index (χ1n) is 8.55. The number of hydrogen-bond acceptors (Lipinski definition) is 3. The number of nitrogens with zero attached hydrogens (tertiary/aromatic N) is 1. The highest BCUT2D eigenvalue weighted by atomic mass is 32.2. The van der Waals surface area contributed by atoms with Gasteiger partial charge < -0.3 is 16.4 Å². The van der Waals surface area contributed by atoms with E-state index in [-0.39, 0.29) is 0 Å². The van der Waals surface area contributed by atoms with E-state index >= 15 is 0 Å². The SMILES string of the molecule is C=S(=C)(CC)c1ccccc1/C(N)=C/C=C(\N)N1C(C)CCC1C. The molecule has 4 heteroatoms. The van der Waals surface area contributed by atoms with Gasteiger partial charge in [0.05, 0.1) is 5.82 Å². The van der Waals surface area contributed by atoms with Gasteiger partial charge in [-0.3, -0.25) is 0 Å². The number of hydrogen-bond donors (Lipinski definition) is 2. The molecule has 2 unspecified atom stereocenters. The van der Waals surface area contributed by atoms with Crippen molar-refractivity contribution in [3.8, 4) is 0 Å². The molecule has 0 radical (unpaired) electrons. The Bertz CT molecular complexity index is 734. The zero-order chi connectivity index (χ0) is 17.9. The Morgan fingerprint density at radius 3 is 2.33 bits per heavy atom. The summed E-state index contributed by atoms with van der Waals surface area (Å²) in [6.07, 6.45) is 6.21. The van der Waals surface area contributed by atoms with Crippen LogP contribution in [-0.2, 0) is 0 Å². The number of benzene rings is 1. The lowest BCUT2D eigenvalue weighted by molar-refractivity contribution is 0.274. The summed E-state index contributed by atoms with van der Waals surface area (Å²) >= 11 is 0. The molecular weight excluding hydrogens is 314 g/mol. The summed E-state index contributed by atoms with van der Waals surface area (Å²) in [4.78, 5) is 3.43. The normalized spacial score (nSPS) is 22.9. The van der Waals surface area contributed by atoms with Crippen LogP contribution in [0.3, 0.4) is 0 Å². The molecule has 0 amide bonds. The minimum Gasteiger partial charge on any atom is -0.398 e. The summed E-state index contributed by atoms with van der Waals surface area (Å²) in [6.45, 7) is 6.56. The van der Waals surface area contributed by atoms with Crippen LogP contribution in [0.15, 0.2) is 47.1 Å². The number of likely N-dealkylation sites (tertiary alicyclic amines) is 1. The summed E-state index contributed by atoms with van der Waals surface area (Å²) in [6, 6.07) is 9.12. The van der Waals surface area contributed by atoms with E-state index in [1.807, 2.05) is 30.4 Å². The first kappa shape index (κ1) is 18.5. The summed E-state index contributed by atoms with van der Waals surface area (Å²) in [5.41, 5.74) is 14.4. The van der Waals surface area contributed by atoms with Crippen LogP contribution in [0.1, 0.15) is 39.2 Å². The molecule has 0 spiro atoms. The highest BCUT2D eigenvalue weighted by molar-refractivity contribution is 8.27. The van der Waals surface area contributed by atoms with Crippen molar-refractivity contribution < 1.29 is 0 Å². The predicted octanol–water partition coefficient (Wildman–Crippen LogP) is 3.71. The van der Waals surface area contributed by atoms with Gasteiger partial charge in [0, 0.05) is 28.2 Å². The van der Waals surface area contributed by atoms with Gasteiger partial charge in [0.25, 0.3) is 0 Å². The van der Waals surface area contributed by atoms with Crippen molar-refractivity contribution in [1.29, 1.82) is 0 Å². The van der Waals surface area contributed by atoms with E-state index in [4.69, 9.17) is 11.5 Å². The second kappa shape index (κ2) is 7.39. The second-order valence-electron chi connectivity index (χ2n) is 6.73. The molecule has 132 valence electrons. The van der Waals surface area contributed by atoms with Crippen LogP contribution in [0.4, 0.5) is 0 Å². The molecule has 1 fully saturated rings. The van der Waals surface area contributed by atoms with E-state index in [1.54, 1.807) is 0 Å². The zero-order valence-electron chi connectivity index (χ0n) is 15.2. The van der Waals surface area contributed by atoms with Gasteiger partial charge in [-0.25, -0.2) is 0 Å². The lowest BCUT2D eigenvalue weighted by Gasteiger charge is -2.28. The van der Waals surface area contributed by atoms with Crippen LogP contribution >= 0.6 is 9.21 Å². The molecule has 3 nitrogen and oxygen atoms in total. The Morgan fingerprint density at radius 1 is 1.17 bits per heavy atom. The Labute approximate surface area is 147 Å². The van der Waals surface area contributed by atoms with E-state index in [0.717, 1.165) is 22.0 Å². The van der Waals surface area contributed by atoms with Crippen LogP contribution < -0.4 is 11.5 Å². The van der Waals surface area contributed by atoms with Crippen LogP contribution in [-0.4, -0.2) is 34.5 Å². The van der Waals surface area contributed by atoms with Crippen molar-refractivity contribution in [2.75, 3.05) is 5.75 Å². The summed E-state index contributed by atoms with van der Waals surface area (Å²) < 4.78 is 0. The van der Waals surface area contributed by atoms with Gasteiger partial charge in [0.1, 0.15) is 0 Å².